The van der Waals surface area contributed by atoms with E-state index in [-0.39, 0.29) is 11.2 Å². The molecular weight excluding hydrogens is 200 g/mol. The van der Waals surface area contributed by atoms with E-state index < -0.39 is 10.0 Å². The van der Waals surface area contributed by atoms with E-state index in [1.165, 1.54) is 0 Å². The molecule has 0 aromatic rings. The van der Waals surface area contributed by atoms with Gasteiger partial charge in [-0.15, -0.1) is 0 Å². The highest BCUT2D eigenvalue weighted by Crippen LogP contribution is 2.23. The van der Waals surface area contributed by atoms with Gasteiger partial charge in [-0.1, -0.05) is 6.92 Å². The highest BCUT2D eigenvalue weighted by Gasteiger charge is 2.29. The lowest BCUT2D eigenvalue weighted by Gasteiger charge is -2.33. The number of piperidine rings is 1. The molecule has 1 aliphatic rings. The van der Waals surface area contributed by atoms with Gasteiger partial charge in [-0.25, -0.2) is 13.6 Å². The minimum Gasteiger partial charge on any atom is -0.304 e. The maximum atomic E-state index is 11.1. The maximum Gasteiger partial charge on any atom is 0.211 e. The van der Waals surface area contributed by atoms with Crippen LogP contribution in [-0.2, 0) is 10.0 Å². The van der Waals surface area contributed by atoms with Crippen LogP contribution in [0.1, 0.15) is 26.7 Å². The van der Waals surface area contributed by atoms with Gasteiger partial charge in [0, 0.05) is 0 Å². The van der Waals surface area contributed by atoms with Gasteiger partial charge in [-0.05, 0) is 45.3 Å². The molecule has 0 aromatic heterocycles. The normalized spacial score (nSPS) is 23.6. The van der Waals surface area contributed by atoms with Gasteiger partial charge >= 0.3 is 0 Å². The van der Waals surface area contributed by atoms with Gasteiger partial charge in [0.2, 0.25) is 10.0 Å². The summed E-state index contributed by atoms with van der Waals surface area (Å²) in [5, 5.41) is 4.75. The molecule has 0 radical (unpaired) electrons. The molecule has 1 rings (SSSR count). The first-order valence-corrected chi connectivity index (χ1v) is 6.80. The molecule has 2 N–H and O–H groups in total. The second kappa shape index (κ2) is 4.59. The topological polar surface area (TPSA) is 63.4 Å². The Bertz CT molecular complexity index is 269. The summed E-state index contributed by atoms with van der Waals surface area (Å²) in [6.07, 6.45) is 1.90. The maximum absolute atomic E-state index is 11.1. The molecule has 0 saturated carbocycles. The molecule has 1 aliphatic heterocycles. The average molecular weight is 220 g/mol. The zero-order valence-electron chi connectivity index (χ0n) is 8.94. The van der Waals surface area contributed by atoms with Crippen LogP contribution in [0.2, 0.25) is 0 Å². The third kappa shape index (κ3) is 2.93. The van der Waals surface area contributed by atoms with E-state index in [4.69, 9.17) is 5.14 Å². The molecule has 0 aromatic carbocycles. The largest absolute Gasteiger partial charge is 0.304 e. The van der Waals surface area contributed by atoms with E-state index in [1.807, 2.05) is 0 Å². The summed E-state index contributed by atoms with van der Waals surface area (Å²) in [6, 6.07) is 0. The Morgan fingerprint density at radius 1 is 1.43 bits per heavy atom. The van der Waals surface area contributed by atoms with E-state index in [0.29, 0.717) is 0 Å². The molecule has 1 atom stereocenters. The minimum atomic E-state index is -3.35. The number of hydrogen-bond donors (Lipinski definition) is 1. The summed E-state index contributed by atoms with van der Waals surface area (Å²) in [6.45, 7) is 6.91. The number of likely N-dealkylation sites (tertiary alicyclic amines) is 1. The van der Waals surface area contributed by atoms with E-state index in [1.54, 1.807) is 6.92 Å². The molecule has 1 unspecified atom stereocenters. The molecule has 14 heavy (non-hydrogen) atoms. The number of rotatable bonds is 3. The Kier molecular flexibility index (Phi) is 3.92. The zero-order valence-corrected chi connectivity index (χ0v) is 9.76. The van der Waals surface area contributed by atoms with E-state index in [9.17, 15) is 8.42 Å². The van der Waals surface area contributed by atoms with E-state index in [2.05, 4.69) is 11.8 Å². The van der Waals surface area contributed by atoms with Crippen molar-refractivity contribution in [3.63, 3.8) is 0 Å². The standard InChI is InChI=1S/C9H20N2O2S/c1-3-11-6-4-9(5-7-11)8(2)14(10,12)13/h8-9H,3-7H2,1-2H3,(H2,10,12,13). The molecule has 0 bridgehead atoms. The number of hydrogen-bond acceptors (Lipinski definition) is 3. The summed E-state index contributed by atoms with van der Waals surface area (Å²) in [5.74, 6) is 0.243. The van der Waals surface area contributed by atoms with Gasteiger partial charge in [-0.3, -0.25) is 0 Å². The Labute approximate surface area is 86.5 Å². The van der Waals surface area contributed by atoms with Crippen LogP contribution in [0.15, 0.2) is 0 Å². The van der Waals surface area contributed by atoms with Crippen molar-refractivity contribution in [3.8, 4) is 0 Å². The third-order valence-corrected chi connectivity index (χ3v) is 4.68. The molecule has 1 heterocycles. The Balaban J connectivity index is 2.50. The highest BCUT2D eigenvalue weighted by atomic mass is 32.2. The van der Waals surface area contributed by atoms with Gasteiger partial charge in [0.05, 0.1) is 5.25 Å². The summed E-state index contributed by atoms with van der Waals surface area (Å²) >= 11 is 0. The first-order valence-electron chi connectivity index (χ1n) is 5.19. The van der Waals surface area contributed by atoms with Crippen molar-refractivity contribution in [2.75, 3.05) is 19.6 Å². The number of nitrogens with zero attached hydrogens (tertiary/aromatic N) is 1. The van der Waals surface area contributed by atoms with E-state index >= 15 is 0 Å². The van der Waals surface area contributed by atoms with Crippen molar-refractivity contribution in [3.05, 3.63) is 0 Å². The summed E-state index contributed by atoms with van der Waals surface area (Å²) < 4.78 is 22.3. The van der Waals surface area contributed by atoms with Crippen LogP contribution in [-0.4, -0.2) is 38.2 Å². The van der Waals surface area contributed by atoms with Gasteiger partial charge in [0.15, 0.2) is 0 Å². The Morgan fingerprint density at radius 2 is 1.93 bits per heavy atom. The highest BCUT2D eigenvalue weighted by molar-refractivity contribution is 7.89. The fourth-order valence-corrected chi connectivity index (χ4v) is 2.82. The van der Waals surface area contributed by atoms with Gasteiger partial charge in [0.25, 0.3) is 0 Å². The Morgan fingerprint density at radius 3 is 2.29 bits per heavy atom. The van der Waals surface area contributed by atoms with Crippen molar-refractivity contribution >= 4 is 10.0 Å². The monoisotopic (exact) mass is 220 g/mol. The van der Waals surface area contributed by atoms with Crippen LogP contribution in [0.25, 0.3) is 0 Å². The second-order valence-electron chi connectivity index (χ2n) is 4.07. The SMILES string of the molecule is CCN1CCC(C(C)S(N)(=O)=O)CC1. The lowest BCUT2D eigenvalue weighted by atomic mass is 9.94. The molecule has 0 spiro atoms. The minimum absolute atomic E-state index is 0.243. The lowest BCUT2D eigenvalue weighted by Crippen LogP contribution is -2.41. The molecular formula is C9H20N2O2S. The fraction of sp³-hybridized carbons (Fsp3) is 1.00. The van der Waals surface area contributed by atoms with Gasteiger partial charge in [-0.2, -0.15) is 0 Å². The zero-order chi connectivity index (χ0) is 10.8. The predicted octanol–water partition coefficient (Wildman–Crippen LogP) is 0.395. The molecule has 4 nitrogen and oxygen atoms in total. The predicted molar refractivity (Wildman–Crippen MR) is 57.4 cm³/mol. The van der Waals surface area contributed by atoms with Crippen LogP contribution in [0.5, 0.6) is 0 Å². The molecule has 0 aliphatic carbocycles. The average Bonchev–Trinajstić information content (AvgIpc) is 2.15. The summed E-state index contributed by atoms with van der Waals surface area (Å²) in [4.78, 5) is 2.34. The van der Waals surface area contributed by atoms with Gasteiger partial charge in [0.1, 0.15) is 0 Å². The Hall–Kier alpha value is -0.130. The van der Waals surface area contributed by atoms with Gasteiger partial charge < -0.3 is 4.90 Å². The number of sulfonamides is 1. The summed E-state index contributed by atoms with van der Waals surface area (Å²) in [7, 11) is -3.35. The van der Waals surface area contributed by atoms with Crippen molar-refractivity contribution in [1.82, 2.24) is 4.90 Å². The van der Waals surface area contributed by atoms with E-state index in [0.717, 1.165) is 32.5 Å². The third-order valence-electron chi connectivity index (χ3n) is 3.26. The molecule has 84 valence electrons. The first-order chi connectivity index (χ1) is 6.45. The summed E-state index contributed by atoms with van der Waals surface area (Å²) in [5.41, 5.74) is 0. The second-order valence-corrected chi connectivity index (χ2v) is 5.99. The quantitative estimate of drug-likeness (QED) is 0.748. The van der Waals surface area contributed by atoms with Crippen LogP contribution in [0.3, 0.4) is 0 Å². The molecule has 1 saturated heterocycles. The van der Waals surface area contributed by atoms with Crippen LogP contribution < -0.4 is 5.14 Å². The first kappa shape index (κ1) is 11.9. The van der Waals surface area contributed by atoms with Crippen LogP contribution in [0, 0.1) is 5.92 Å². The lowest BCUT2D eigenvalue weighted by molar-refractivity contribution is 0.191. The van der Waals surface area contributed by atoms with Crippen molar-refractivity contribution in [1.29, 1.82) is 0 Å². The molecule has 0 amide bonds. The molecule has 5 heteroatoms. The van der Waals surface area contributed by atoms with Crippen molar-refractivity contribution in [2.24, 2.45) is 11.1 Å². The number of primary sulfonamides is 1. The van der Waals surface area contributed by atoms with Crippen molar-refractivity contribution < 1.29 is 8.42 Å². The fourth-order valence-electron chi connectivity index (χ4n) is 2.01. The number of nitrogens with two attached hydrogens (primary N) is 1. The van der Waals surface area contributed by atoms with Crippen molar-refractivity contribution in [2.45, 2.75) is 31.9 Å². The van der Waals surface area contributed by atoms with Crippen LogP contribution >= 0.6 is 0 Å². The van der Waals surface area contributed by atoms with Crippen LogP contribution in [0.4, 0.5) is 0 Å². The smallest absolute Gasteiger partial charge is 0.211 e. The molecule has 1 fully saturated rings.